The summed E-state index contributed by atoms with van der Waals surface area (Å²) >= 11 is 0. The Morgan fingerprint density at radius 3 is 2.06 bits per heavy atom. The fraction of sp³-hybridized carbons (Fsp3) is 0.286. The third-order valence-corrected chi connectivity index (χ3v) is 1.52. The molecule has 3 nitrogen and oxygen atoms in total. The molecule has 0 saturated heterocycles. The van der Waals surface area contributed by atoms with Crippen molar-refractivity contribution in [3.63, 3.8) is 0 Å². The number of halogens is 7. The van der Waals surface area contributed by atoms with Gasteiger partial charge in [0, 0.05) is 0 Å². The number of pyridine rings is 1. The number of ether oxygens (including phenoxy) is 1. The van der Waals surface area contributed by atoms with Crippen molar-refractivity contribution >= 4 is 5.82 Å². The maximum absolute atomic E-state index is 12.8. The number of nitrogen functional groups attached to an aromatic ring is 1. The average molecular weight is 264 g/mol. The molecular weight excluding hydrogens is 261 g/mol. The zero-order valence-electron chi connectivity index (χ0n) is 7.66. The molecule has 0 aliphatic rings. The summed E-state index contributed by atoms with van der Waals surface area (Å²) in [5.41, 5.74) is 2.65. The highest BCUT2D eigenvalue weighted by molar-refractivity contribution is 5.51. The van der Waals surface area contributed by atoms with Crippen LogP contribution in [0.3, 0.4) is 0 Å². The zero-order valence-corrected chi connectivity index (χ0v) is 7.66. The van der Waals surface area contributed by atoms with Gasteiger partial charge in [0.15, 0.2) is 11.6 Å². The van der Waals surface area contributed by atoms with Crippen molar-refractivity contribution in [1.29, 1.82) is 0 Å². The molecule has 0 spiro atoms. The van der Waals surface area contributed by atoms with Gasteiger partial charge in [-0.25, -0.2) is 9.37 Å². The molecular formula is C7H3F7N2O. The lowest BCUT2D eigenvalue weighted by Crippen LogP contribution is -2.22. The van der Waals surface area contributed by atoms with E-state index in [1.165, 1.54) is 0 Å². The smallest absolute Gasteiger partial charge is 0.402 e. The van der Waals surface area contributed by atoms with Crippen LogP contribution in [0.1, 0.15) is 5.56 Å². The number of hydrogen-bond donors (Lipinski definition) is 1. The van der Waals surface area contributed by atoms with Gasteiger partial charge in [0.25, 0.3) is 0 Å². The van der Waals surface area contributed by atoms with Crippen LogP contribution in [0.5, 0.6) is 5.75 Å². The Morgan fingerprint density at radius 2 is 1.65 bits per heavy atom. The van der Waals surface area contributed by atoms with E-state index in [-0.39, 0.29) is 6.20 Å². The maximum atomic E-state index is 12.8. The molecule has 96 valence electrons. The van der Waals surface area contributed by atoms with Crippen molar-refractivity contribution in [3.05, 3.63) is 17.6 Å². The van der Waals surface area contributed by atoms with Gasteiger partial charge in [-0.1, -0.05) is 0 Å². The number of hydrogen-bond acceptors (Lipinski definition) is 3. The van der Waals surface area contributed by atoms with E-state index in [2.05, 4.69) is 9.72 Å². The van der Waals surface area contributed by atoms with Crippen molar-refractivity contribution in [3.8, 4) is 5.75 Å². The van der Waals surface area contributed by atoms with Crippen molar-refractivity contribution in [2.45, 2.75) is 12.5 Å². The lowest BCUT2D eigenvalue weighted by Gasteiger charge is -2.16. The van der Waals surface area contributed by atoms with Crippen LogP contribution in [0.15, 0.2) is 6.20 Å². The van der Waals surface area contributed by atoms with Gasteiger partial charge in [0.1, 0.15) is 11.4 Å². The molecule has 0 aromatic carbocycles. The lowest BCUT2D eigenvalue weighted by atomic mass is 10.2. The van der Waals surface area contributed by atoms with E-state index in [0.29, 0.717) is 0 Å². The molecule has 0 unspecified atom stereocenters. The van der Waals surface area contributed by atoms with E-state index in [1.54, 1.807) is 0 Å². The highest BCUT2D eigenvalue weighted by Gasteiger charge is 2.43. The Balaban J connectivity index is 3.41. The van der Waals surface area contributed by atoms with Gasteiger partial charge in [0.05, 0.1) is 6.20 Å². The molecule has 0 saturated carbocycles. The average Bonchev–Trinajstić information content (AvgIpc) is 2.06. The molecule has 17 heavy (non-hydrogen) atoms. The minimum absolute atomic E-state index is 0.103. The van der Waals surface area contributed by atoms with Crippen LogP contribution in [0.25, 0.3) is 0 Å². The number of aromatic nitrogens is 1. The Labute approximate surface area is 89.0 Å². The van der Waals surface area contributed by atoms with Gasteiger partial charge >= 0.3 is 12.5 Å². The molecule has 0 fully saturated rings. The molecule has 0 amide bonds. The van der Waals surface area contributed by atoms with Crippen LogP contribution in [0, 0.1) is 5.82 Å². The molecule has 0 radical (unpaired) electrons. The van der Waals surface area contributed by atoms with E-state index in [1.807, 2.05) is 0 Å². The molecule has 1 heterocycles. The van der Waals surface area contributed by atoms with Crippen LogP contribution in [-0.4, -0.2) is 11.3 Å². The molecule has 1 aromatic rings. The molecule has 1 aromatic heterocycles. The molecule has 10 heteroatoms. The summed E-state index contributed by atoms with van der Waals surface area (Å²) in [5, 5.41) is 0. The summed E-state index contributed by atoms with van der Waals surface area (Å²) in [4.78, 5) is 2.77. The van der Waals surface area contributed by atoms with Gasteiger partial charge < -0.3 is 10.5 Å². The summed E-state index contributed by atoms with van der Waals surface area (Å²) in [6.45, 7) is 0. The summed E-state index contributed by atoms with van der Waals surface area (Å²) in [7, 11) is 0. The van der Waals surface area contributed by atoms with Crippen molar-refractivity contribution in [2.24, 2.45) is 0 Å². The Kier molecular flexibility index (Phi) is 3.08. The second-order valence-electron chi connectivity index (χ2n) is 2.74. The number of anilines is 1. The predicted molar refractivity (Wildman–Crippen MR) is 40.3 cm³/mol. The van der Waals surface area contributed by atoms with Crippen molar-refractivity contribution in [2.75, 3.05) is 5.73 Å². The summed E-state index contributed by atoms with van der Waals surface area (Å²) in [5.74, 6) is -5.26. The first-order valence-electron chi connectivity index (χ1n) is 3.79. The molecule has 2 N–H and O–H groups in total. The summed E-state index contributed by atoms with van der Waals surface area (Å²) < 4.78 is 88.2. The van der Waals surface area contributed by atoms with Crippen LogP contribution < -0.4 is 10.5 Å². The van der Waals surface area contributed by atoms with Gasteiger partial charge in [-0.3, -0.25) is 0 Å². The Morgan fingerprint density at radius 1 is 1.12 bits per heavy atom. The van der Waals surface area contributed by atoms with E-state index < -0.39 is 35.5 Å². The highest BCUT2D eigenvalue weighted by Crippen LogP contribution is 2.42. The first-order chi connectivity index (χ1) is 7.52. The standard InChI is InChI=1S/C7H3F7N2O/c8-2-1-16-5(15)3(6(9,10)11)4(2)17-7(12,13)14/h1H,(H2,15,16). The van der Waals surface area contributed by atoms with Gasteiger partial charge in [0.2, 0.25) is 0 Å². The van der Waals surface area contributed by atoms with Crippen LogP contribution in [0.4, 0.5) is 36.6 Å². The predicted octanol–water partition coefficient (Wildman–Crippen LogP) is 2.72. The third-order valence-electron chi connectivity index (χ3n) is 1.52. The zero-order chi connectivity index (χ0) is 13.4. The first kappa shape index (κ1) is 13.3. The Bertz CT molecular complexity index is 425. The first-order valence-corrected chi connectivity index (χ1v) is 3.79. The largest absolute Gasteiger partial charge is 0.573 e. The van der Waals surface area contributed by atoms with Crippen molar-refractivity contribution in [1.82, 2.24) is 4.98 Å². The number of nitrogens with zero attached hydrogens (tertiary/aromatic N) is 1. The van der Waals surface area contributed by atoms with Crippen LogP contribution >= 0.6 is 0 Å². The highest BCUT2D eigenvalue weighted by atomic mass is 19.4. The normalized spacial score (nSPS) is 12.6. The van der Waals surface area contributed by atoms with Gasteiger partial charge in [-0.05, 0) is 0 Å². The topological polar surface area (TPSA) is 48.1 Å². The SMILES string of the molecule is Nc1ncc(F)c(OC(F)(F)F)c1C(F)(F)F. The Hall–Kier alpha value is -1.74. The summed E-state index contributed by atoms with van der Waals surface area (Å²) in [6.07, 6.45) is -10.7. The molecule has 0 aliphatic heterocycles. The van der Waals surface area contributed by atoms with E-state index >= 15 is 0 Å². The van der Waals surface area contributed by atoms with E-state index in [9.17, 15) is 30.7 Å². The van der Waals surface area contributed by atoms with Crippen molar-refractivity contribution < 1.29 is 35.5 Å². The molecule has 0 bridgehead atoms. The second kappa shape index (κ2) is 3.93. The van der Waals surface area contributed by atoms with Crippen LogP contribution in [-0.2, 0) is 6.18 Å². The monoisotopic (exact) mass is 264 g/mol. The van der Waals surface area contributed by atoms with E-state index in [0.717, 1.165) is 0 Å². The van der Waals surface area contributed by atoms with Gasteiger partial charge in [-0.2, -0.15) is 13.2 Å². The molecule has 1 rings (SSSR count). The lowest BCUT2D eigenvalue weighted by molar-refractivity contribution is -0.277. The van der Waals surface area contributed by atoms with E-state index in [4.69, 9.17) is 5.73 Å². The fourth-order valence-corrected chi connectivity index (χ4v) is 0.975. The minimum atomic E-state index is -5.48. The maximum Gasteiger partial charge on any atom is 0.573 e. The molecule has 0 aliphatic carbocycles. The second-order valence-corrected chi connectivity index (χ2v) is 2.74. The minimum Gasteiger partial charge on any atom is -0.402 e. The molecule has 0 atom stereocenters. The fourth-order valence-electron chi connectivity index (χ4n) is 0.975. The van der Waals surface area contributed by atoms with Crippen LogP contribution in [0.2, 0.25) is 0 Å². The number of alkyl halides is 6. The van der Waals surface area contributed by atoms with Gasteiger partial charge in [-0.15, -0.1) is 13.2 Å². The third kappa shape index (κ3) is 3.11. The summed E-state index contributed by atoms with van der Waals surface area (Å²) in [6, 6.07) is 0. The number of nitrogens with two attached hydrogens (primary N) is 1. The number of rotatable bonds is 1. The quantitative estimate of drug-likeness (QED) is 0.793.